The van der Waals surface area contributed by atoms with Gasteiger partial charge in [-0.05, 0) is 19.0 Å². The number of aromatic nitrogens is 1. The van der Waals surface area contributed by atoms with Gasteiger partial charge in [-0.15, -0.1) is 0 Å². The van der Waals surface area contributed by atoms with Crippen molar-refractivity contribution in [3.63, 3.8) is 0 Å². The van der Waals surface area contributed by atoms with Crippen LogP contribution >= 0.6 is 0 Å². The molecule has 1 aromatic heterocycles. The van der Waals surface area contributed by atoms with Gasteiger partial charge in [-0.25, -0.2) is 4.98 Å². The van der Waals surface area contributed by atoms with Crippen LogP contribution in [0.1, 0.15) is 18.9 Å². The van der Waals surface area contributed by atoms with E-state index in [0.29, 0.717) is 12.4 Å². The number of ether oxygens (including phenoxy) is 1. The van der Waals surface area contributed by atoms with Crippen LogP contribution in [0.4, 0.5) is 0 Å². The molecule has 0 fully saturated rings. The Morgan fingerprint density at radius 1 is 1.44 bits per heavy atom. The molecule has 0 aliphatic heterocycles. The molecule has 4 heteroatoms. The minimum atomic E-state index is 0.183. The molecule has 4 nitrogen and oxygen atoms in total. The van der Waals surface area contributed by atoms with Crippen LogP contribution in [-0.2, 0) is 6.54 Å². The molecule has 0 saturated heterocycles. The van der Waals surface area contributed by atoms with E-state index in [2.05, 4.69) is 16.8 Å². The summed E-state index contributed by atoms with van der Waals surface area (Å²) in [5.41, 5.74) is 1.06. The standard InChI is InChI=1S/C12H20N2O2/c1-3-7-14(8-9-15)10-11-5-4-6-13-12(11)16-2/h4-6,15H,3,7-10H2,1-2H3. The number of rotatable bonds is 7. The van der Waals surface area contributed by atoms with Crippen LogP contribution < -0.4 is 4.74 Å². The van der Waals surface area contributed by atoms with Gasteiger partial charge in [0.2, 0.25) is 5.88 Å². The van der Waals surface area contributed by atoms with E-state index in [1.165, 1.54) is 0 Å². The summed E-state index contributed by atoms with van der Waals surface area (Å²) in [6, 6.07) is 3.91. The number of hydrogen-bond acceptors (Lipinski definition) is 4. The predicted octanol–water partition coefficient (Wildman–Crippen LogP) is 1.29. The van der Waals surface area contributed by atoms with E-state index >= 15 is 0 Å². The first kappa shape index (κ1) is 12.9. The van der Waals surface area contributed by atoms with Gasteiger partial charge >= 0.3 is 0 Å². The fraction of sp³-hybridized carbons (Fsp3) is 0.583. The molecule has 16 heavy (non-hydrogen) atoms. The van der Waals surface area contributed by atoms with Gasteiger partial charge < -0.3 is 9.84 Å². The molecule has 0 saturated carbocycles. The average Bonchev–Trinajstić information content (AvgIpc) is 2.30. The summed E-state index contributed by atoms with van der Waals surface area (Å²) in [6.45, 7) is 4.74. The van der Waals surface area contributed by atoms with Crippen LogP contribution in [0, 0.1) is 0 Å². The lowest BCUT2D eigenvalue weighted by molar-refractivity contribution is 0.188. The van der Waals surface area contributed by atoms with Crippen molar-refractivity contribution in [2.45, 2.75) is 19.9 Å². The summed E-state index contributed by atoms with van der Waals surface area (Å²) < 4.78 is 5.20. The summed E-state index contributed by atoms with van der Waals surface area (Å²) in [4.78, 5) is 6.35. The zero-order valence-corrected chi connectivity index (χ0v) is 10.0. The van der Waals surface area contributed by atoms with Gasteiger partial charge in [0, 0.05) is 24.8 Å². The molecule has 0 amide bonds. The van der Waals surface area contributed by atoms with E-state index in [9.17, 15) is 0 Å². The Balaban J connectivity index is 2.67. The molecule has 0 bridgehead atoms. The Bertz CT molecular complexity index is 299. The molecule has 1 rings (SSSR count). The monoisotopic (exact) mass is 224 g/mol. The lowest BCUT2D eigenvalue weighted by atomic mass is 10.2. The lowest BCUT2D eigenvalue weighted by Crippen LogP contribution is -2.27. The van der Waals surface area contributed by atoms with Crippen LogP contribution in [0.2, 0.25) is 0 Å². The summed E-state index contributed by atoms with van der Waals surface area (Å²) >= 11 is 0. The predicted molar refractivity (Wildman–Crippen MR) is 63.4 cm³/mol. The Labute approximate surface area is 96.9 Å². The topological polar surface area (TPSA) is 45.6 Å². The van der Waals surface area contributed by atoms with Gasteiger partial charge in [-0.2, -0.15) is 0 Å². The smallest absolute Gasteiger partial charge is 0.217 e. The molecule has 0 aliphatic carbocycles. The van der Waals surface area contributed by atoms with Crippen LogP contribution in [0.15, 0.2) is 18.3 Å². The Morgan fingerprint density at radius 3 is 2.88 bits per heavy atom. The molecule has 0 atom stereocenters. The average molecular weight is 224 g/mol. The van der Waals surface area contributed by atoms with Crippen molar-refractivity contribution in [2.75, 3.05) is 26.8 Å². The first-order chi connectivity index (χ1) is 7.81. The molecule has 1 heterocycles. The van der Waals surface area contributed by atoms with Gasteiger partial charge in [0.25, 0.3) is 0 Å². The highest BCUT2D eigenvalue weighted by atomic mass is 16.5. The van der Waals surface area contributed by atoms with Crippen molar-refractivity contribution in [2.24, 2.45) is 0 Å². The third-order valence-corrected chi connectivity index (χ3v) is 2.39. The van der Waals surface area contributed by atoms with E-state index in [1.54, 1.807) is 13.3 Å². The number of aliphatic hydroxyl groups is 1. The third kappa shape index (κ3) is 3.79. The number of pyridine rings is 1. The van der Waals surface area contributed by atoms with E-state index in [1.807, 2.05) is 12.1 Å². The minimum Gasteiger partial charge on any atom is -0.481 e. The Hall–Kier alpha value is -1.13. The van der Waals surface area contributed by atoms with E-state index in [0.717, 1.165) is 25.1 Å². The van der Waals surface area contributed by atoms with Crippen LogP contribution in [-0.4, -0.2) is 41.8 Å². The lowest BCUT2D eigenvalue weighted by Gasteiger charge is -2.21. The molecule has 1 N–H and O–H groups in total. The molecule has 0 aromatic carbocycles. The molecule has 0 unspecified atom stereocenters. The first-order valence-electron chi connectivity index (χ1n) is 5.63. The molecule has 0 aliphatic rings. The van der Waals surface area contributed by atoms with Gasteiger partial charge in [0.05, 0.1) is 13.7 Å². The largest absolute Gasteiger partial charge is 0.481 e. The second-order valence-electron chi connectivity index (χ2n) is 3.67. The van der Waals surface area contributed by atoms with Crippen molar-refractivity contribution < 1.29 is 9.84 Å². The number of hydrogen-bond donors (Lipinski definition) is 1. The molecule has 90 valence electrons. The van der Waals surface area contributed by atoms with Crippen LogP contribution in [0.5, 0.6) is 5.88 Å². The van der Waals surface area contributed by atoms with Gasteiger partial charge in [0.1, 0.15) is 0 Å². The van der Waals surface area contributed by atoms with Crippen molar-refractivity contribution in [3.8, 4) is 5.88 Å². The number of methoxy groups -OCH3 is 1. The molecular weight excluding hydrogens is 204 g/mol. The van der Waals surface area contributed by atoms with Crippen molar-refractivity contribution in [1.82, 2.24) is 9.88 Å². The normalized spacial score (nSPS) is 10.8. The fourth-order valence-electron chi connectivity index (χ4n) is 1.70. The van der Waals surface area contributed by atoms with Gasteiger partial charge in [0.15, 0.2) is 0 Å². The van der Waals surface area contributed by atoms with Crippen molar-refractivity contribution in [3.05, 3.63) is 23.9 Å². The molecule has 1 aromatic rings. The Kier molecular flexibility index (Phi) is 5.82. The molecular formula is C12H20N2O2. The van der Waals surface area contributed by atoms with E-state index in [4.69, 9.17) is 9.84 Å². The van der Waals surface area contributed by atoms with Crippen LogP contribution in [0.3, 0.4) is 0 Å². The van der Waals surface area contributed by atoms with E-state index < -0.39 is 0 Å². The maximum absolute atomic E-state index is 8.98. The summed E-state index contributed by atoms with van der Waals surface area (Å²) in [7, 11) is 1.63. The van der Waals surface area contributed by atoms with Crippen LogP contribution in [0.25, 0.3) is 0 Å². The summed E-state index contributed by atoms with van der Waals surface area (Å²) in [5.74, 6) is 0.668. The van der Waals surface area contributed by atoms with Gasteiger partial charge in [-0.3, -0.25) is 4.90 Å². The molecule has 0 radical (unpaired) electrons. The summed E-state index contributed by atoms with van der Waals surface area (Å²) in [6.07, 6.45) is 2.79. The quantitative estimate of drug-likeness (QED) is 0.758. The van der Waals surface area contributed by atoms with Crippen molar-refractivity contribution in [1.29, 1.82) is 0 Å². The fourth-order valence-corrected chi connectivity index (χ4v) is 1.70. The zero-order chi connectivity index (χ0) is 11.8. The SMILES string of the molecule is CCCN(CCO)Cc1cccnc1OC. The third-order valence-electron chi connectivity index (χ3n) is 2.39. The first-order valence-corrected chi connectivity index (χ1v) is 5.63. The number of aliphatic hydroxyl groups excluding tert-OH is 1. The maximum Gasteiger partial charge on any atom is 0.217 e. The minimum absolute atomic E-state index is 0.183. The van der Waals surface area contributed by atoms with Gasteiger partial charge in [-0.1, -0.05) is 13.0 Å². The van der Waals surface area contributed by atoms with Crippen molar-refractivity contribution >= 4 is 0 Å². The molecule has 0 spiro atoms. The van der Waals surface area contributed by atoms with E-state index in [-0.39, 0.29) is 6.61 Å². The number of nitrogens with zero attached hydrogens (tertiary/aromatic N) is 2. The highest BCUT2D eigenvalue weighted by molar-refractivity contribution is 5.25. The second-order valence-corrected chi connectivity index (χ2v) is 3.67. The zero-order valence-electron chi connectivity index (χ0n) is 10.0. The highest BCUT2D eigenvalue weighted by Gasteiger charge is 2.08. The highest BCUT2D eigenvalue weighted by Crippen LogP contribution is 2.15. The summed E-state index contributed by atoms with van der Waals surface area (Å²) in [5, 5.41) is 8.98. The second kappa shape index (κ2) is 7.19. The maximum atomic E-state index is 8.98. The Morgan fingerprint density at radius 2 is 2.25 bits per heavy atom.